The number of halogens is 1. The molecule has 1 aliphatic heterocycles. The number of carbonyl (C=O) groups excluding carboxylic acids is 1. The normalized spacial score (nSPS) is 15.2. The van der Waals surface area contributed by atoms with Gasteiger partial charge in [0.25, 0.3) is 0 Å². The minimum atomic E-state index is -0.186. The van der Waals surface area contributed by atoms with Gasteiger partial charge in [0, 0.05) is 31.9 Å². The van der Waals surface area contributed by atoms with Crippen molar-refractivity contribution in [2.75, 3.05) is 38.0 Å². The fraction of sp³-hybridized carbons (Fsp3) is 0.350. The molecule has 2 aromatic rings. The largest absolute Gasteiger partial charge is 0.322 e. The number of amides is 2. The summed E-state index contributed by atoms with van der Waals surface area (Å²) in [6.45, 7) is 4.28. The number of piperazine rings is 1. The standard InChI is InChI=1S/C20H24FN3O/c21-18-10-8-17(9-11-18)5-4-12-23-13-15-24(16-14-23)20(25)22-19-6-2-1-3-7-19/h1-3,6-11H,4-5,12-16H2,(H,22,25). The molecule has 0 atom stereocenters. The third kappa shape index (κ3) is 5.29. The summed E-state index contributed by atoms with van der Waals surface area (Å²) in [6, 6.07) is 16.2. The molecule has 2 aromatic carbocycles. The lowest BCUT2D eigenvalue weighted by Crippen LogP contribution is -2.50. The topological polar surface area (TPSA) is 35.6 Å². The Balaban J connectivity index is 1.37. The van der Waals surface area contributed by atoms with Crippen molar-refractivity contribution in [2.24, 2.45) is 0 Å². The molecule has 132 valence electrons. The van der Waals surface area contributed by atoms with E-state index in [4.69, 9.17) is 0 Å². The lowest BCUT2D eigenvalue weighted by molar-refractivity contribution is 0.146. The van der Waals surface area contributed by atoms with Gasteiger partial charge in [0.2, 0.25) is 0 Å². The van der Waals surface area contributed by atoms with Gasteiger partial charge in [0.1, 0.15) is 5.82 Å². The summed E-state index contributed by atoms with van der Waals surface area (Å²) in [5, 5.41) is 2.93. The molecular weight excluding hydrogens is 317 g/mol. The van der Waals surface area contributed by atoms with Crippen molar-refractivity contribution >= 4 is 11.7 Å². The van der Waals surface area contributed by atoms with E-state index in [1.807, 2.05) is 47.4 Å². The summed E-state index contributed by atoms with van der Waals surface area (Å²) in [4.78, 5) is 16.5. The third-order valence-corrected chi connectivity index (χ3v) is 4.54. The summed E-state index contributed by atoms with van der Waals surface area (Å²) in [7, 11) is 0. The second-order valence-corrected chi connectivity index (χ2v) is 6.35. The first kappa shape index (κ1) is 17.4. The number of carbonyl (C=O) groups is 1. The van der Waals surface area contributed by atoms with Crippen LogP contribution in [0.5, 0.6) is 0 Å². The fourth-order valence-corrected chi connectivity index (χ4v) is 3.06. The molecule has 1 saturated heterocycles. The van der Waals surface area contributed by atoms with Crippen LogP contribution in [0.15, 0.2) is 54.6 Å². The number of para-hydroxylation sites is 1. The van der Waals surface area contributed by atoms with Crippen molar-refractivity contribution in [1.29, 1.82) is 0 Å². The van der Waals surface area contributed by atoms with Gasteiger partial charge in [-0.15, -0.1) is 0 Å². The molecule has 1 aliphatic rings. The number of nitrogens with one attached hydrogen (secondary N) is 1. The van der Waals surface area contributed by atoms with E-state index in [0.29, 0.717) is 0 Å². The van der Waals surface area contributed by atoms with E-state index in [2.05, 4.69) is 10.2 Å². The molecule has 0 spiro atoms. The minimum Gasteiger partial charge on any atom is -0.322 e. The highest BCUT2D eigenvalue weighted by atomic mass is 19.1. The Labute approximate surface area is 148 Å². The summed E-state index contributed by atoms with van der Waals surface area (Å²) in [5.74, 6) is -0.186. The molecule has 25 heavy (non-hydrogen) atoms. The molecule has 5 heteroatoms. The van der Waals surface area contributed by atoms with E-state index in [0.717, 1.165) is 51.3 Å². The first-order valence-corrected chi connectivity index (χ1v) is 8.78. The molecule has 3 rings (SSSR count). The first-order chi connectivity index (χ1) is 12.2. The van der Waals surface area contributed by atoms with Crippen LogP contribution in [0.4, 0.5) is 14.9 Å². The molecule has 0 bridgehead atoms. The maximum Gasteiger partial charge on any atom is 0.321 e. The van der Waals surface area contributed by atoms with Crippen molar-refractivity contribution < 1.29 is 9.18 Å². The molecular formula is C20H24FN3O. The highest BCUT2D eigenvalue weighted by Gasteiger charge is 2.20. The lowest BCUT2D eigenvalue weighted by atomic mass is 10.1. The number of rotatable bonds is 5. The van der Waals surface area contributed by atoms with Gasteiger partial charge >= 0.3 is 6.03 Å². The summed E-state index contributed by atoms with van der Waals surface area (Å²) in [5.41, 5.74) is 2.00. The maximum atomic E-state index is 12.9. The number of anilines is 1. The van der Waals surface area contributed by atoms with Gasteiger partial charge in [0.05, 0.1) is 0 Å². The van der Waals surface area contributed by atoms with Crippen LogP contribution in [0.3, 0.4) is 0 Å². The monoisotopic (exact) mass is 341 g/mol. The van der Waals surface area contributed by atoms with Gasteiger partial charge in [0.15, 0.2) is 0 Å². The molecule has 0 aliphatic carbocycles. The van der Waals surface area contributed by atoms with E-state index in [-0.39, 0.29) is 11.8 Å². The summed E-state index contributed by atoms with van der Waals surface area (Å²) < 4.78 is 12.9. The predicted octanol–water partition coefficient (Wildman–Crippen LogP) is 3.61. The second kappa shape index (κ2) is 8.62. The number of benzene rings is 2. The van der Waals surface area contributed by atoms with E-state index < -0.39 is 0 Å². The van der Waals surface area contributed by atoms with Gasteiger partial charge in [-0.3, -0.25) is 4.90 Å². The van der Waals surface area contributed by atoms with Crippen LogP contribution in [0.25, 0.3) is 0 Å². The Bertz CT molecular complexity index is 667. The third-order valence-electron chi connectivity index (χ3n) is 4.54. The average molecular weight is 341 g/mol. The Morgan fingerprint density at radius 3 is 2.32 bits per heavy atom. The van der Waals surface area contributed by atoms with Gasteiger partial charge < -0.3 is 10.2 Å². The van der Waals surface area contributed by atoms with Crippen molar-refractivity contribution in [1.82, 2.24) is 9.80 Å². The number of hydrogen-bond donors (Lipinski definition) is 1. The Morgan fingerprint density at radius 2 is 1.64 bits per heavy atom. The summed E-state index contributed by atoms with van der Waals surface area (Å²) >= 11 is 0. The molecule has 0 aromatic heterocycles. The second-order valence-electron chi connectivity index (χ2n) is 6.35. The lowest BCUT2D eigenvalue weighted by Gasteiger charge is -2.34. The summed E-state index contributed by atoms with van der Waals surface area (Å²) in [6.07, 6.45) is 2.00. The van der Waals surface area contributed by atoms with Crippen LogP contribution >= 0.6 is 0 Å². The molecule has 0 unspecified atom stereocenters. The quantitative estimate of drug-likeness (QED) is 0.902. The van der Waals surface area contributed by atoms with Crippen LogP contribution in [0.1, 0.15) is 12.0 Å². The van der Waals surface area contributed by atoms with Crippen molar-refractivity contribution in [3.05, 3.63) is 66.0 Å². The minimum absolute atomic E-state index is 0.0304. The molecule has 1 N–H and O–H groups in total. The zero-order chi connectivity index (χ0) is 17.5. The predicted molar refractivity (Wildman–Crippen MR) is 98.2 cm³/mol. The van der Waals surface area contributed by atoms with Crippen LogP contribution in [-0.4, -0.2) is 48.6 Å². The van der Waals surface area contributed by atoms with E-state index >= 15 is 0 Å². The zero-order valence-corrected chi connectivity index (χ0v) is 14.3. The van der Waals surface area contributed by atoms with Crippen molar-refractivity contribution in [2.45, 2.75) is 12.8 Å². The Hall–Kier alpha value is -2.40. The van der Waals surface area contributed by atoms with E-state index in [1.54, 1.807) is 0 Å². The number of urea groups is 1. The molecule has 1 fully saturated rings. The van der Waals surface area contributed by atoms with Gasteiger partial charge in [-0.25, -0.2) is 9.18 Å². The van der Waals surface area contributed by atoms with Crippen LogP contribution in [0, 0.1) is 5.82 Å². The maximum absolute atomic E-state index is 12.9. The Kier molecular flexibility index (Phi) is 6.01. The van der Waals surface area contributed by atoms with Crippen molar-refractivity contribution in [3.8, 4) is 0 Å². The van der Waals surface area contributed by atoms with E-state index in [9.17, 15) is 9.18 Å². The van der Waals surface area contributed by atoms with Gasteiger partial charge in [-0.05, 0) is 49.2 Å². The van der Waals surface area contributed by atoms with Gasteiger partial charge in [-0.1, -0.05) is 30.3 Å². The smallest absolute Gasteiger partial charge is 0.321 e. The van der Waals surface area contributed by atoms with Gasteiger partial charge in [-0.2, -0.15) is 0 Å². The average Bonchev–Trinajstić information content (AvgIpc) is 2.65. The fourth-order valence-electron chi connectivity index (χ4n) is 3.06. The number of aryl methyl sites for hydroxylation is 1. The van der Waals surface area contributed by atoms with E-state index in [1.165, 1.54) is 17.7 Å². The number of nitrogens with zero attached hydrogens (tertiary/aromatic N) is 2. The molecule has 1 heterocycles. The van der Waals surface area contributed by atoms with Crippen LogP contribution < -0.4 is 5.32 Å². The first-order valence-electron chi connectivity index (χ1n) is 8.78. The molecule has 2 amide bonds. The van der Waals surface area contributed by atoms with Crippen LogP contribution in [-0.2, 0) is 6.42 Å². The molecule has 4 nitrogen and oxygen atoms in total. The highest BCUT2D eigenvalue weighted by Crippen LogP contribution is 2.10. The SMILES string of the molecule is O=C(Nc1ccccc1)N1CCN(CCCc2ccc(F)cc2)CC1. The number of hydrogen-bond acceptors (Lipinski definition) is 2. The van der Waals surface area contributed by atoms with Crippen LogP contribution in [0.2, 0.25) is 0 Å². The zero-order valence-electron chi connectivity index (χ0n) is 14.3. The molecule has 0 saturated carbocycles. The highest BCUT2D eigenvalue weighted by molar-refractivity contribution is 5.89. The Morgan fingerprint density at radius 1 is 0.960 bits per heavy atom. The molecule has 0 radical (unpaired) electrons. The van der Waals surface area contributed by atoms with Crippen molar-refractivity contribution in [3.63, 3.8) is 0 Å².